The number of hydrogen-bond acceptors (Lipinski definition) is 4. The van der Waals surface area contributed by atoms with Crippen LogP contribution < -0.4 is 4.74 Å². The third kappa shape index (κ3) is 4.81. The lowest BCUT2D eigenvalue weighted by Crippen LogP contribution is -2.45. The Balaban J connectivity index is 1.18. The lowest BCUT2D eigenvalue weighted by Gasteiger charge is -2.37. The topological polar surface area (TPSA) is 28.1 Å². The second-order valence-corrected chi connectivity index (χ2v) is 8.94. The maximum atomic E-state index is 5.81. The number of hydrazone groups is 1. The van der Waals surface area contributed by atoms with Crippen molar-refractivity contribution in [3.63, 3.8) is 0 Å². The van der Waals surface area contributed by atoms with Gasteiger partial charge in [0, 0.05) is 26.2 Å². The van der Waals surface area contributed by atoms with Crippen LogP contribution in [0.3, 0.4) is 0 Å². The van der Waals surface area contributed by atoms with Crippen LogP contribution in [0.25, 0.3) is 11.1 Å². The Bertz CT molecular complexity index is 1040. The summed E-state index contributed by atoms with van der Waals surface area (Å²) in [6.07, 6.45) is 5.52. The first-order chi connectivity index (χ1) is 16.3. The van der Waals surface area contributed by atoms with Crippen molar-refractivity contribution in [3.8, 4) is 16.9 Å². The summed E-state index contributed by atoms with van der Waals surface area (Å²) in [5.74, 6) is 0.939. The molecule has 0 saturated carbocycles. The number of unbranched alkanes of at least 4 members (excludes halogenated alkanes) is 2. The van der Waals surface area contributed by atoms with Gasteiger partial charge in [-0.25, -0.2) is 0 Å². The predicted molar refractivity (Wildman–Crippen MR) is 136 cm³/mol. The van der Waals surface area contributed by atoms with Crippen molar-refractivity contribution in [3.05, 3.63) is 89.5 Å². The van der Waals surface area contributed by atoms with Gasteiger partial charge in [-0.2, -0.15) is 5.10 Å². The van der Waals surface area contributed by atoms with E-state index in [1.54, 1.807) is 0 Å². The minimum Gasteiger partial charge on any atom is -0.494 e. The average molecular weight is 440 g/mol. The smallest absolute Gasteiger partial charge is 0.119 e. The largest absolute Gasteiger partial charge is 0.494 e. The van der Waals surface area contributed by atoms with E-state index in [4.69, 9.17) is 9.84 Å². The van der Waals surface area contributed by atoms with Gasteiger partial charge in [0.1, 0.15) is 5.75 Å². The molecule has 0 bridgehead atoms. The van der Waals surface area contributed by atoms with E-state index >= 15 is 0 Å². The second-order valence-electron chi connectivity index (χ2n) is 8.94. The van der Waals surface area contributed by atoms with E-state index in [1.165, 1.54) is 35.1 Å². The predicted octanol–water partition coefficient (Wildman–Crippen LogP) is 5.98. The summed E-state index contributed by atoms with van der Waals surface area (Å²) in [5.41, 5.74) is 6.75. The molecule has 0 radical (unpaired) electrons. The summed E-state index contributed by atoms with van der Waals surface area (Å²) in [4.78, 5) is 2.61. The maximum absolute atomic E-state index is 5.81. The Hall–Kier alpha value is -3.11. The van der Waals surface area contributed by atoms with Crippen LogP contribution in [-0.2, 0) is 0 Å². The summed E-state index contributed by atoms with van der Waals surface area (Å²) in [7, 11) is 0. The Labute approximate surface area is 197 Å². The van der Waals surface area contributed by atoms with Crippen molar-refractivity contribution >= 4 is 6.21 Å². The normalized spacial score (nSPS) is 16.2. The molecule has 1 aliphatic heterocycles. The molecule has 4 nitrogen and oxygen atoms in total. The van der Waals surface area contributed by atoms with Crippen molar-refractivity contribution in [1.82, 2.24) is 9.91 Å². The molecule has 0 spiro atoms. The number of fused-ring (bicyclic) bond motifs is 3. The number of piperazine rings is 1. The third-order valence-electron chi connectivity index (χ3n) is 6.72. The van der Waals surface area contributed by atoms with Gasteiger partial charge in [-0.1, -0.05) is 68.3 Å². The highest BCUT2D eigenvalue weighted by molar-refractivity contribution is 5.79. The summed E-state index contributed by atoms with van der Waals surface area (Å²) in [6, 6.07) is 26.3. The zero-order chi connectivity index (χ0) is 22.5. The fraction of sp³-hybridized carbons (Fsp3) is 0.345. The fourth-order valence-corrected chi connectivity index (χ4v) is 4.95. The molecule has 170 valence electrons. The van der Waals surface area contributed by atoms with Crippen LogP contribution in [0.15, 0.2) is 77.9 Å². The number of rotatable bonds is 8. The van der Waals surface area contributed by atoms with Crippen molar-refractivity contribution in [2.45, 2.75) is 32.2 Å². The molecule has 3 aromatic rings. The van der Waals surface area contributed by atoms with Crippen molar-refractivity contribution < 1.29 is 4.74 Å². The highest BCUT2D eigenvalue weighted by atomic mass is 16.5. The molecule has 2 aliphatic rings. The Morgan fingerprint density at radius 2 is 1.45 bits per heavy atom. The summed E-state index contributed by atoms with van der Waals surface area (Å²) < 4.78 is 5.81. The van der Waals surface area contributed by atoms with E-state index < -0.39 is 0 Å². The zero-order valence-corrected chi connectivity index (χ0v) is 19.5. The van der Waals surface area contributed by atoms with Gasteiger partial charge in [-0.15, -0.1) is 0 Å². The zero-order valence-electron chi connectivity index (χ0n) is 19.5. The lowest BCUT2D eigenvalue weighted by molar-refractivity contribution is 0.114. The minimum absolute atomic E-state index is 0.355. The van der Waals surface area contributed by atoms with Gasteiger partial charge < -0.3 is 4.74 Å². The van der Waals surface area contributed by atoms with Crippen LogP contribution in [0.4, 0.5) is 0 Å². The first-order valence-electron chi connectivity index (χ1n) is 12.3. The highest BCUT2D eigenvalue weighted by Crippen LogP contribution is 2.46. The monoisotopic (exact) mass is 439 g/mol. The summed E-state index contributed by atoms with van der Waals surface area (Å²) in [6.45, 7) is 6.90. The van der Waals surface area contributed by atoms with Crippen molar-refractivity contribution in [1.29, 1.82) is 0 Å². The van der Waals surface area contributed by atoms with Crippen LogP contribution >= 0.6 is 0 Å². The van der Waals surface area contributed by atoms with E-state index in [9.17, 15) is 0 Å². The number of hydrogen-bond donors (Lipinski definition) is 0. The Kier molecular flexibility index (Phi) is 6.73. The molecule has 0 amide bonds. The molecule has 33 heavy (non-hydrogen) atoms. The molecule has 0 N–H and O–H groups in total. The average Bonchev–Trinajstić information content (AvgIpc) is 3.21. The van der Waals surface area contributed by atoms with E-state index in [0.717, 1.165) is 50.5 Å². The Morgan fingerprint density at radius 1 is 0.818 bits per heavy atom. The molecule has 4 heteroatoms. The summed E-state index contributed by atoms with van der Waals surface area (Å²) in [5, 5.41) is 6.95. The molecule has 0 aromatic heterocycles. The molecular weight excluding hydrogens is 406 g/mol. The van der Waals surface area contributed by atoms with Gasteiger partial charge in [0.05, 0.1) is 18.9 Å². The van der Waals surface area contributed by atoms with Gasteiger partial charge in [0.2, 0.25) is 0 Å². The number of ether oxygens (including phenoxy) is 1. The van der Waals surface area contributed by atoms with Crippen LogP contribution in [0.5, 0.6) is 5.75 Å². The molecule has 5 rings (SSSR count). The quantitative estimate of drug-likeness (QED) is 0.319. The standard InChI is InChI=1S/C29H33N3O/c1-2-3-8-21-33-24-15-13-23(14-16-24)22-30-32-19-17-31(18-20-32)29-27-11-6-4-9-25(27)26-10-5-7-12-28(26)29/h4-7,9-16,22,29H,2-3,8,17-21H2,1H3. The van der Waals surface area contributed by atoms with Gasteiger partial charge in [0.15, 0.2) is 0 Å². The van der Waals surface area contributed by atoms with Crippen molar-refractivity contribution in [2.24, 2.45) is 5.10 Å². The molecule has 0 unspecified atom stereocenters. The second kappa shape index (κ2) is 10.2. The molecule has 1 aliphatic carbocycles. The molecule has 3 aromatic carbocycles. The van der Waals surface area contributed by atoms with Crippen LogP contribution in [0.1, 0.15) is 48.9 Å². The highest BCUT2D eigenvalue weighted by Gasteiger charge is 2.33. The molecular formula is C29H33N3O. The lowest BCUT2D eigenvalue weighted by atomic mass is 10.0. The first-order valence-corrected chi connectivity index (χ1v) is 12.3. The Morgan fingerprint density at radius 3 is 2.09 bits per heavy atom. The van der Waals surface area contributed by atoms with Gasteiger partial charge >= 0.3 is 0 Å². The minimum atomic E-state index is 0.355. The van der Waals surface area contributed by atoms with Crippen LogP contribution in [0, 0.1) is 0 Å². The molecule has 1 saturated heterocycles. The van der Waals surface area contributed by atoms with Crippen molar-refractivity contribution in [2.75, 3.05) is 32.8 Å². The molecule has 1 heterocycles. The van der Waals surface area contributed by atoms with E-state index in [-0.39, 0.29) is 0 Å². The summed E-state index contributed by atoms with van der Waals surface area (Å²) >= 11 is 0. The van der Waals surface area contributed by atoms with Gasteiger partial charge in [0.25, 0.3) is 0 Å². The number of nitrogens with zero attached hydrogens (tertiary/aromatic N) is 3. The van der Waals surface area contributed by atoms with Gasteiger partial charge in [-0.3, -0.25) is 9.91 Å². The molecule has 1 fully saturated rings. The first kappa shape index (κ1) is 21.7. The SMILES string of the molecule is CCCCCOc1ccc(C=NN2CCN(C3c4ccccc4-c4ccccc43)CC2)cc1. The molecule has 0 atom stereocenters. The van der Waals surface area contributed by atoms with Crippen LogP contribution in [-0.4, -0.2) is 48.9 Å². The van der Waals surface area contributed by atoms with E-state index in [2.05, 4.69) is 77.5 Å². The van der Waals surface area contributed by atoms with E-state index in [0.29, 0.717) is 6.04 Å². The van der Waals surface area contributed by atoms with Gasteiger partial charge in [-0.05, 0) is 58.5 Å². The fourth-order valence-electron chi connectivity index (χ4n) is 4.95. The van der Waals surface area contributed by atoms with Crippen LogP contribution in [0.2, 0.25) is 0 Å². The third-order valence-corrected chi connectivity index (χ3v) is 6.72. The maximum Gasteiger partial charge on any atom is 0.119 e. The number of benzene rings is 3. The van der Waals surface area contributed by atoms with E-state index in [1.807, 2.05) is 18.3 Å².